The minimum absolute atomic E-state index is 0.258. The van der Waals surface area contributed by atoms with Gasteiger partial charge in [-0.1, -0.05) is 36.4 Å². The number of aromatic amines is 1. The maximum atomic E-state index is 12.1. The zero-order chi connectivity index (χ0) is 20.4. The summed E-state index contributed by atoms with van der Waals surface area (Å²) in [6, 6.07) is 15.2. The molecule has 0 fully saturated rings. The molecule has 3 N–H and O–H groups in total. The van der Waals surface area contributed by atoms with Gasteiger partial charge in [0.15, 0.2) is 0 Å². The largest absolute Gasteiger partial charge is 0.497 e. The number of fused-ring (bicyclic) bond motifs is 1. The number of hydrogen-bond acceptors (Lipinski definition) is 5. The van der Waals surface area contributed by atoms with Crippen LogP contribution in [0.4, 0.5) is 5.82 Å². The summed E-state index contributed by atoms with van der Waals surface area (Å²) in [5, 5.41) is 20.0. The van der Waals surface area contributed by atoms with Gasteiger partial charge in [0.05, 0.1) is 24.8 Å². The number of carboxylic acids is 1. The third-order valence-corrected chi connectivity index (χ3v) is 4.98. The summed E-state index contributed by atoms with van der Waals surface area (Å²) in [4.78, 5) is 12.1. The Balaban J connectivity index is 1.80. The monoisotopic (exact) mass is 391 g/mol. The van der Waals surface area contributed by atoms with Crippen LogP contribution in [-0.2, 0) is 11.4 Å². The number of ether oxygens (including phenoxy) is 2. The smallest absolute Gasteiger partial charge is 0.334 e. The molecule has 7 nitrogen and oxygen atoms in total. The van der Waals surface area contributed by atoms with Gasteiger partial charge in [-0.05, 0) is 18.6 Å². The summed E-state index contributed by atoms with van der Waals surface area (Å²) in [6.45, 7) is 2.10. The van der Waals surface area contributed by atoms with Crippen molar-refractivity contribution in [3.63, 3.8) is 0 Å². The molecule has 0 bridgehead atoms. The minimum Gasteiger partial charge on any atom is -0.497 e. The molecule has 0 saturated carbocycles. The first-order valence-electron chi connectivity index (χ1n) is 9.17. The summed E-state index contributed by atoms with van der Waals surface area (Å²) in [5.74, 6) is 0.368. The van der Waals surface area contributed by atoms with Gasteiger partial charge in [-0.3, -0.25) is 5.10 Å². The van der Waals surface area contributed by atoms with Gasteiger partial charge in [-0.2, -0.15) is 5.10 Å². The van der Waals surface area contributed by atoms with Crippen LogP contribution in [0.1, 0.15) is 29.5 Å². The Labute approximate surface area is 168 Å². The van der Waals surface area contributed by atoms with Crippen molar-refractivity contribution in [1.29, 1.82) is 0 Å². The van der Waals surface area contributed by atoms with E-state index in [0.29, 0.717) is 29.6 Å². The number of nitrogens with one attached hydrogen (secondary N) is 2. The van der Waals surface area contributed by atoms with E-state index in [9.17, 15) is 9.90 Å². The molecule has 0 spiro atoms. The van der Waals surface area contributed by atoms with E-state index < -0.39 is 11.9 Å². The van der Waals surface area contributed by atoms with Gasteiger partial charge in [-0.15, -0.1) is 0 Å². The van der Waals surface area contributed by atoms with Crippen molar-refractivity contribution < 1.29 is 19.4 Å². The van der Waals surface area contributed by atoms with Crippen LogP contribution in [0.25, 0.3) is 0 Å². The predicted molar refractivity (Wildman–Crippen MR) is 108 cm³/mol. The molecule has 4 rings (SSSR count). The van der Waals surface area contributed by atoms with Gasteiger partial charge in [0, 0.05) is 22.9 Å². The van der Waals surface area contributed by atoms with Crippen LogP contribution in [0, 0.1) is 0 Å². The number of methoxy groups -OCH3 is 1. The van der Waals surface area contributed by atoms with Crippen molar-refractivity contribution in [3.05, 3.63) is 82.7 Å². The molecule has 2 aromatic carbocycles. The maximum absolute atomic E-state index is 12.1. The molecule has 0 aliphatic carbocycles. The molecule has 148 valence electrons. The molecule has 0 saturated heterocycles. The van der Waals surface area contributed by atoms with E-state index in [-0.39, 0.29) is 5.57 Å². The zero-order valence-corrected chi connectivity index (χ0v) is 16.1. The first kappa shape index (κ1) is 18.6. The number of H-pyrrole nitrogens is 1. The molecular formula is C22H21N3O4. The van der Waals surface area contributed by atoms with Crippen molar-refractivity contribution in [2.45, 2.75) is 19.4 Å². The van der Waals surface area contributed by atoms with Crippen molar-refractivity contribution in [3.8, 4) is 11.5 Å². The number of rotatable bonds is 6. The number of aromatic nitrogens is 2. The Morgan fingerprint density at radius 2 is 1.97 bits per heavy atom. The van der Waals surface area contributed by atoms with Crippen LogP contribution in [0.2, 0.25) is 0 Å². The third-order valence-electron chi connectivity index (χ3n) is 4.98. The highest BCUT2D eigenvalue weighted by atomic mass is 16.5. The normalized spacial score (nSPS) is 15.4. The molecule has 1 aliphatic rings. The first-order valence-corrected chi connectivity index (χ1v) is 9.17. The molecule has 0 radical (unpaired) electrons. The Morgan fingerprint density at radius 1 is 1.17 bits per heavy atom. The number of anilines is 1. The highest BCUT2D eigenvalue weighted by molar-refractivity contribution is 5.93. The van der Waals surface area contributed by atoms with Crippen molar-refractivity contribution in [2.24, 2.45) is 0 Å². The lowest BCUT2D eigenvalue weighted by molar-refractivity contribution is -0.132. The van der Waals surface area contributed by atoms with Crippen molar-refractivity contribution in [2.75, 3.05) is 12.4 Å². The second kappa shape index (κ2) is 7.71. The minimum atomic E-state index is -0.989. The van der Waals surface area contributed by atoms with Crippen LogP contribution in [0.3, 0.4) is 0 Å². The lowest BCUT2D eigenvalue weighted by Gasteiger charge is -2.27. The second-order valence-electron chi connectivity index (χ2n) is 6.78. The summed E-state index contributed by atoms with van der Waals surface area (Å²) >= 11 is 0. The molecule has 1 atom stereocenters. The molecule has 3 aromatic rings. The van der Waals surface area contributed by atoms with Gasteiger partial charge in [0.1, 0.15) is 23.9 Å². The average molecular weight is 391 g/mol. The zero-order valence-electron chi connectivity index (χ0n) is 16.1. The molecule has 29 heavy (non-hydrogen) atoms. The summed E-state index contributed by atoms with van der Waals surface area (Å²) in [6.07, 6.45) is 1.65. The number of carbonyl (C=O) groups is 1. The Kier molecular flexibility index (Phi) is 4.95. The van der Waals surface area contributed by atoms with Crippen molar-refractivity contribution in [1.82, 2.24) is 10.2 Å². The SMILES string of the molecule is COc1ccc(C2C(C(=O)O)=C(C)Nc3[nH]ncc32)c(OCc2ccccc2)c1. The molecule has 1 unspecified atom stereocenters. The van der Waals surface area contributed by atoms with Gasteiger partial charge in [-0.25, -0.2) is 4.79 Å². The van der Waals surface area contributed by atoms with Gasteiger partial charge in [0.25, 0.3) is 0 Å². The van der Waals surface area contributed by atoms with E-state index >= 15 is 0 Å². The first-order chi connectivity index (χ1) is 14.1. The molecular weight excluding hydrogens is 370 g/mol. The summed E-state index contributed by atoms with van der Waals surface area (Å²) < 4.78 is 11.5. The second-order valence-corrected chi connectivity index (χ2v) is 6.78. The highest BCUT2D eigenvalue weighted by Gasteiger charge is 2.35. The van der Waals surface area contributed by atoms with Gasteiger partial charge in [0.2, 0.25) is 0 Å². The van der Waals surface area contributed by atoms with Gasteiger partial charge >= 0.3 is 5.97 Å². The Morgan fingerprint density at radius 3 is 2.69 bits per heavy atom. The topological polar surface area (TPSA) is 96.5 Å². The average Bonchev–Trinajstić information content (AvgIpc) is 3.19. The molecule has 1 aliphatic heterocycles. The number of benzene rings is 2. The lowest BCUT2D eigenvalue weighted by atomic mass is 9.82. The van der Waals surface area contributed by atoms with E-state index in [1.807, 2.05) is 36.4 Å². The molecule has 1 aromatic heterocycles. The van der Waals surface area contributed by atoms with Crippen LogP contribution in [-0.4, -0.2) is 28.4 Å². The maximum Gasteiger partial charge on any atom is 0.334 e. The van der Waals surface area contributed by atoms with Crippen LogP contribution in [0.5, 0.6) is 11.5 Å². The fourth-order valence-corrected chi connectivity index (χ4v) is 3.59. The van der Waals surface area contributed by atoms with Crippen LogP contribution in [0.15, 0.2) is 66.0 Å². The molecule has 2 heterocycles. The van der Waals surface area contributed by atoms with E-state index in [2.05, 4.69) is 15.5 Å². The van der Waals surface area contributed by atoms with Crippen molar-refractivity contribution >= 4 is 11.8 Å². The number of allylic oxidation sites excluding steroid dienone is 1. The molecule has 7 heteroatoms. The number of aliphatic carboxylic acids is 1. The number of carboxylic acid groups (broad SMARTS) is 1. The third kappa shape index (κ3) is 3.54. The van der Waals surface area contributed by atoms with Crippen LogP contribution < -0.4 is 14.8 Å². The Bertz CT molecular complexity index is 1070. The summed E-state index contributed by atoms with van der Waals surface area (Å²) in [7, 11) is 1.58. The number of hydrogen-bond donors (Lipinski definition) is 3. The fraction of sp³-hybridized carbons (Fsp3) is 0.182. The molecule has 0 amide bonds. The standard InChI is InChI=1S/C22H21N3O4/c1-13-19(22(26)27)20(17-11-23-25-21(17)24-13)16-9-8-15(28-2)10-18(16)29-12-14-6-4-3-5-7-14/h3-11,20H,12H2,1-2H3,(H,26,27)(H2,23,24,25). The Hall–Kier alpha value is -3.74. The number of nitrogens with zero attached hydrogens (tertiary/aromatic N) is 1. The summed E-state index contributed by atoms with van der Waals surface area (Å²) in [5.41, 5.74) is 3.32. The highest BCUT2D eigenvalue weighted by Crippen LogP contribution is 2.44. The quantitative estimate of drug-likeness (QED) is 0.589. The van der Waals surface area contributed by atoms with E-state index in [1.165, 1.54) is 0 Å². The van der Waals surface area contributed by atoms with Crippen LogP contribution >= 0.6 is 0 Å². The predicted octanol–water partition coefficient (Wildman–Crippen LogP) is 3.91. The fourth-order valence-electron chi connectivity index (χ4n) is 3.59. The van der Waals surface area contributed by atoms with E-state index in [1.54, 1.807) is 32.4 Å². The lowest BCUT2D eigenvalue weighted by Crippen LogP contribution is -2.22. The van der Waals surface area contributed by atoms with E-state index in [0.717, 1.165) is 16.7 Å². The van der Waals surface area contributed by atoms with E-state index in [4.69, 9.17) is 9.47 Å². The van der Waals surface area contributed by atoms with Gasteiger partial charge < -0.3 is 19.9 Å².